The van der Waals surface area contributed by atoms with Crippen LogP contribution >= 0.6 is 15.9 Å². The molecular weight excluding hydrogens is 328 g/mol. The molecule has 3 nitrogen and oxygen atoms in total. The van der Waals surface area contributed by atoms with E-state index in [0.29, 0.717) is 12.6 Å². The SMILES string of the molecule is C#CCOc1ccc(Br)cc1CNCC1CCCCN1C. The lowest BCUT2D eigenvalue weighted by atomic mass is 10.0. The van der Waals surface area contributed by atoms with Crippen LogP contribution in [0.4, 0.5) is 0 Å². The molecule has 1 atom stereocenters. The van der Waals surface area contributed by atoms with Crippen LogP contribution in [0, 0.1) is 12.3 Å². The number of likely N-dealkylation sites (N-methyl/N-ethyl adjacent to an activating group) is 1. The fourth-order valence-electron chi connectivity index (χ4n) is 2.72. The zero-order valence-corrected chi connectivity index (χ0v) is 14.2. The Hall–Kier alpha value is -1.02. The van der Waals surface area contributed by atoms with Gasteiger partial charge in [0.25, 0.3) is 0 Å². The summed E-state index contributed by atoms with van der Waals surface area (Å²) in [6, 6.07) is 6.67. The topological polar surface area (TPSA) is 24.5 Å². The van der Waals surface area contributed by atoms with Crippen molar-refractivity contribution in [3.8, 4) is 18.1 Å². The average molecular weight is 351 g/mol. The standard InChI is InChI=1S/C17H23BrN2O/c1-3-10-21-17-8-7-15(18)11-14(17)12-19-13-16-6-4-5-9-20(16)2/h1,7-8,11,16,19H,4-6,9-10,12-13H2,2H3. The van der Waals surface area contributed by atoms with Crippen LogP contribution in [0.3, 0.4) is 0 Å². The maximum Gasteiger partial charge on any atom is 0.148 e. The largest absolute Gasteiger partial charge is 0.481 e. The predicted octanol–water partition coefficient (Wildman–Crippen LogP) is 3.04. The van der Waals surface area contributed by atoms with E-state index in [1.54, 1.807) is 0 Å². The van der Waals surface area contributed by atoms with Gasteiger partial charge >= 0.3 is 0 Å². The summed E-state index contributed by atoms with van der Waals surface area (Å²) in [6.07, 6.45) is 9.20. The highest BCUT2D eigenvalue weighted by Crippen LogP contribution is 2.23. The first-order valence-corrected chi connectivity index (χ1v) is 8.25. The molecule has 21 heavy (non-hydrogen) atoms. The molecular formula is C17H23BrN2O. The van der Waals surface area contributed by atoms with Gasteiger partial charge in [0.05, 0.1) is 0 Å². The highest BCUT2D eigenvalue weighted by atomic mass is 79.9. The molecule has 1 heterocycles. The van der Waals surface area contributed by atoms with Gasteiger partial charge in [-0.3, -0.25) is 0 Å². The summed E-state index contributed by atoms with van der Waals surface area (Å²) < 4.78 is 6.66. The molecule has 1 aliphatic rings. The molecule has 0 aromatic heterocycles. The number of benzene rings is 1. The van der Waals surface area contributed by atoms with E-state index >= 15 is 0 Å². The van der Waals surface area contributed by atoms with Crippen molar-refractivity contribution < 1.29 is 4.74 Å². The van der Waals surface area contributed by atoms with Gasteiger partial charge in [0.15, 0.2) is 0 Å². The third-order valence-electron chi connectivity index (χ3n) is 3.95. The van der Waals surface area contributed by atoms with Crippen LogP contribution in [0.15, 0.2) is 22.7 Å². The number of nitrogens with one attached hydrogen (secondary N) is 1. The van der Waals surface area contributed by atoms with Crippen LogP contribution in [-0.2, 0) is 6.54 Å². The van der Waals surface area contributed by atoms with Gasteiger partial charge in [-0.15, -0.1) is 6.42 Å². The number of hydrogen-bond donors (Lipinski definition) is 1. The molecule has 1 saturated heterocycles. The summed E-state index contributed by atoms with van der Waals surface area (Å²) in [5.41, 5.74) is 1.14. The van der Waals surface area contributed by atoms with Gasteiger partial charge < -0.3 is 15.0 Å². The van der Waals surface area contributed by atoms with Gasteiger partial charge in [-0.05, 0) is 44.6 Å². The lowest BCUT2D eigenvalue weighted by Crippen LogP contribution is -2.42. The van der Waals surface area contributed by atoms with Crippen LogP contribution in [0.5, 0.6) is 5.75 Å². The highest BCUT2D eigenvalue weighted by molar-refractivity contribution is 9.10. The Labute approximate surface area is 136 Å². The third kappa shape index (κ3) is 5.03. The Morgan fingerprint density at radius 2 is 2.33 bits per heavy atom. The molecule has 0 aliphatic carbocycles. The first-order chi connectivity index (χ1) is 10.2. The first-order valence-electron chi connectivity index (χ1n) is 7.46. The van der Waals surface area contributed by atoms with E-state index in [1.165, 1.54) is 25.8 Å². The number of ether oxygens (including phenoxy) is 1. The van der Waals surface area contributed by atoms with Crippen molar-refractivity contribution in [3.05, 3.63) is 28.2 Å². The molecule has 114 valence electrons. The summed E-state index contributed by atoms with van der Waals surface area (Å²) in [5.74, 6) is 3.37. The van der Waals surface area contributed by atoms with E-state index < -0.39 is 0 Å². The quantitative estimate of drug-likeness (QED) is 0.798. The molecule has 4 heteroatoms. The number of rotatable bonds is 6. The number of halogens is 1. The summed E-state index contributed by atoms with van der Waals surface area (Å²) in [5, 5.41) is 3.55. The fourth-order valence-corrected chi connectivity index (χ4v) is 3.13. The van der Waals surface area contributed by atoms with Crippen molar-refractivity contribution in [3.63, 3.8) is 0 Å². The molecule has 0 amide bonds. The van der Waals surface area contributed by atoms with E-state index in [2.05, 4.69) is 45.2 Å². The monoisotopic (exact) mass is 350 g/mol. The Morgan fingerprint density at radius 3 is 3.10 bits per heavy atom. The van der Waals surface area contributed by atoms with Crippen molar-refractivity contribution in [2.75, 3.05) is 26.7 Å². The predicted molar refractivity (Wildman–Crippen MR) is 90.4 cm³/mol. The lowest BCUT2D eigenvalue weighted by Gasteiger charge is -2.32. The van der Waals surface area contributed by atoms with Crippen molar-refractivity contribution in [1.29, 1.82) is 0 Å². The normalized spacial score (nSPS) is 19.2. The molecule has 1 aliphatic heterocycles. The summed E-state index contributed by atoms with van der Waals surface area (Å²) in [4.78, 5) is 2.45. The molecule has 0 saturated carbocycles. The van der Waals surface area contributed by atoms with Crippen molar-refractivity contribution in [2.45, 2.75) is 31.8 Å². The van der Waals surface area contributed by atoms with E-state index in [4.69, 9.17) is 11.2 Å². The Bertz CT molecular complexity index is 498. The molecule has 0 bridgehead atoms. The van der Waals surface area contributed by atoms with E-state index in [9.17, 15) is 0 Å². The minimum absolute atomic E-state index is 0.306. The number of nitrogens with zero attached hydrogens (tertiary/aromatic N) is 1. The lowest BCUT2D eigenvalue weighted by molar-refractivity contribution is 0.181. The minimum atomic E-state index is 0.306. The smallest absolute Gasteiger partial charge is 0.148 e. The van der Waals surface area contributed by atoms with Gasteiger partial charge in [0.1, 0.15) is 12.4 Å². The second-order valence-electron chi connectivity index (χ2n) is 5.51. The van der Waals surface area contributed by atoms with Gasteiger partial charge in [-0.25, -0.2) is 0 Å². The third-order valence-corrected chi connectivity index (χ3v) is 4.44. The fraction of sp³-hybridized carbons (Fsp3) is 0.529. The number of piperidine rings is 1. The second kappa shape index (κ2) is 8.43. The summed E-state index contributed by atoms with van der Waals surface area (Å²) >= 11 is 3.51. The van der Waals surface area contributed by atoms with Crippen LogP contribution < -0.4 is 10.1 Å². The molecule has 1 N–H and O–H groups in total. The molecule has 1 fully saturated rings. The Morgan fingerprint density at radius 1 is 1.48 bits per heavy atom. The van der Waals surface area contributed by atoms with Crippen molar-refractivity contribution in [2.24, 2.45) is 0 Å². The highest BCUT2D eigenvalue weighted by Gasteiger charge is 2.18. The van der Waals surface area contributed by atoms with Crippen LogP contribution in [0.25, 0.3) is 0 Å². The van der Waals surface area contributed by atoms with Gasteiger partial charge in [-0.2, -0.15) is 0 Å². The maximum absolute atomic E-state index is 5.60. The van der Waals surface area contributed by atoms with Gasteiger partial charge in [0.2, 0.25) is 0 Å². The molecule has 0 radical (unpaired) electrons. The zero-order valence-electron chi connectivity index (χ0n) is 12.6. The molecule has 0 spiro atoms. The molecule has 1 aromatic rings. The van der Waals surface area contributed by atoms with Gasteiger partial charge in [0, 0.05) is 29.2 Å². The van der Waals surface area contributed by atoms with E-state index in [0.717, 1.165) is 28.9 Å². The zero-order chi connectivity index (χ0) is 15.1. The first kappa shape index (κ1) is 16.4. The molecule has 1 aromatic carbocycles. The Balaban J connectivity index is 1.89. The van der Waals surface area contributed by atoms with Crippen LogP contribution in [-0.4, -0.2) is 37.7 Å². The van der Waals surface area contributed by atoms with E-state index in [1.807, 2.05) is 12.1 Å². The number of likely N-dealkylation sites (tertiary alicyclic amines) is 1. The molecule has 2 rings (SSSR count). The number of hydrogen-bond acceptors (Lipinski definition) is 3. The van der Waals surface area contributed by atoms with Crippen LogP contribution in [0.1, 0.15) is 24.8 Å². The number of terminal acetylenes is 1. The molecule has 1 unspecified atom stereocenters. The van der Waals surface area contributed by atoms with Crippen molar-refractivity contribution in [1.82, 2.24) is 10.2 Å². The van der Waals surface area contributed by atoms with Crippen molar-refractivity contribution >= 4 is 15.9 Å². The minimum Gasteiger partial charge on any atom is -0.481 e. The van der Waals surface area contributed by atoms with E-state index in [-0.39, 0.29) is 0 Å². The van der Waals surface area contributed by atoms with Crippen LogP contribution in [0.2, 0.25) is 0 Å². The Kier molecular flexibility index (Phi) is 6.56. The second-order valence-corrected chi connectivity index (χ2v) is 6.42. The summed E-state index contributed by atoms with van der Waals surface area (Å²) in [7, 11) is 2.21. The maximum atomic E-state index is 5.60. The summed E-state index contributed by atoms with van der Waals surface area (Å²) in [6.45, 7) is 3.32. The average Bonchev–Trinajstić information content (AvgIpc) is 2.48. The van der Waals surface area contributed by atoms with Gasteiger partial charge in [-0.1, -0.05) is 28.3 Å².